The molecule has 0 unspecified atom stereocenters. The maximum absolute atomic E-state index is 12.2. The Morgan fingerprint density at radius 3 is 2.68 bits per heavy atom. The molecule has 0 saturated heterocycles. The quantitative estimate of drug-likeness (QED) is 0.672. The molecule has 0 saturated carbocycles. The SMILES string of the molecule is Nc1cc(Br)cc(Br)c1S(=O)(=O)NCc1cnc[nH]1. The van der Waals surface area contributed by atoms with Gasteiger partial charge in [-0.05, 0) is 28.1 Å². The van der Waals surface area contributed by atoms with Crippen molar-refractivity contribution in [2.45, 2.75) is 11.4 Å². The molecule has 0 aliphatic carbocycles. The minimum Gasteiger partial charge on any atom is -0.398 e. The molecular formula is C10H10Br2N4O2S. The first-order valence-corrected chi connectivity index (χ1v) is 8.18. The Morgan fingerprint density at radius 1 is 1.37 bits per heavy atom. The fraction of sp³-hybridized carbons (Fsp3) is 0.100. The standard InChI is InChI=1S/C10H10Br2N4O2S/c11-6-1-8(12)10(9(13)2-6)19(17,18)16-4-7-3-14-5-15-7/h1-3,5,16H,4,13H2,(H,14,15). The summed E-state index contributed by atoms with van der Waals surface area (Å²) in [5.74, 6) is 0. The minimum absolute atomic E-state index is 0.0233. The highest BCUT2D eigenvalue weighted by molar-refractivity contribution is 9.11. The second kappa shape index (κ2) is 5.61. The number of nitrogens with zero attached hydrogens (tertiary/aromatic N) is 1. The number of anilines is 1. The molecule has 1 heterocycles. The summed E-state index contributed by atoms with van der Waals surface area (Å²) in [5, 5.41) is 0. The average molecular weight is 410 g/mol. The zero-order chi connectivity index (χ0) is 14.0. The molecule has 0 aliphatic heterocycles. The molecule has 2 aromatic rings. The molecular weight excluding hydrogens is 400 g/mol. The van der Waals surface area contributed by atoms with E-state index in [1.54, 1.807) is 12.3 Å². The van der Waals surface area contributed by atoms with Gasteiger partial charge in [0.15, 0.2) is 0 Å². The van der Waals surface area contributed by atoms with Crippen LogP contribution in [0.25, 0.3) is 0 Å². The van der Waals surface area contributed by atoms with Crippen molar-refractivity contribution in [1.82, 2.24) is 14.7 Å². The zero-order valence-electron chi connectivity index (χ0n) is 9.52. The predicted molar refractivity (Wildman–Crippen MR) is 78.9 cm³/mol. The Labute approximate surface area is 127 Å². The van der Waals surface area contributed by atoms with Crippen molar-refractivity contribution in [1.29, 1.82) is 0 Å². The van der Waals surface area contributed by atoms with Crippen molar-refractivity contribution in [3.63, 3.8) is 0 Å². The van der Waals surface area contributed by atoms with Gasteiger partial charge in [-0.25, -0.2) is 18.1 Å². The number of hydrogen-bond donors (Lipinski definition) is 3. The van der Waals surface area contributed by atoms with Crippen molar-refractivity contribution < 1.29 is 8.42 Å². The predicted octanol–water partition coefficient (Wildman–Crippen LogP) is 2.00. The maximum atomic E-state index is 12.2. The van der Waals surface area contributed by atoms with E-state index in [1.807, 2.05) is 0 Å². The van der Waals surface area contributed by atoms with Crippen LogP contribution in [0.2, 0.25) is 0 Å². The van der Waals surface area contributed by atoms with Crippen molar-refractivity contribution in [3.05, 3.63) is 39.3 Å². The molecule has 1 aromatic carbocycles. The van der Waals surface area contributed by atoms with Gasteiger partial charge in [-0.3, -0.25) is 0 Å². The molecule has 19 heavy (non-hydrogen) atoms. The topological polar surface area (TPSA) is 101 Å². The van der Waals surface area contributed by atoms with Crippen LogP contribution in [-0.2, 0) is 16.6 Å². The van der Waals surface area contributed by atoms with Crippen LogP contribution < -0.4 is 10.5 Å². The van der Waals surface area contributed by atoms with Gasteiger partial charge >= 0.3 is 0 Å². The number of benzene rings is 1. The third kappa shape index (κ3) is 3.35. The number of aromatic nitrogens is 2. The first kappa shape index (κ1) is 14.5. The highest BCUT2D eigenvalue weighted by Gasteiger charge is 2.21. The summed E-state index contributed by atoms with van der Waals surface area (Å²) in [4.78, 5) is 6.65. The Bertz CT molecular complexity index is 663. The molecule has 0 fully saturated rings. The molecule has 0 atom stereocenters. The minimum atomic E-state index is -3.70. The number of imidazole rings is 1. The van der Waals surface area contributed by atoms with Crippen molar-refractivity contribution in [2.75, 3.05) is 5.73 Å². The van der Waals surface area contributed by atoms with Crippen LogP contribution in [0.5, 0.6) is 0 Å². The molecule has 0 radical (unpaired) electrons. The molecule has 1 aromatic heterocycles. The van der Waals surface area contributed by atoms with Crippen LogP contribution >= 0.6 is 31.9 Å². The van der Waals surface area contributed by atoms with E-state index in [4.69, 9.17) is 5.73 Å². The number of nitrogen functional groups attached to an aromatic ring is 1. The van der Waals surface area contributed by atoms with E-state index < -0.39 is 10.0 Å². The van der Waals surface area contributed by atoms with E-state index >= 15 is 0 Å². The van der Waals surface area contributed by atoms with E-state index in [9.17, 15) is 8.42 Å². The fourth-order valence-corrected chi connectivity index (χ4v) is 4.56. The van der Waals surface area contributed by atoms with E-state index in [0.29, 0.717) is 14.6 Å². The van der Waals surface area contributed by atoms with E-state index in [-0.39, 0.29) is 17.1 Å². The van der Waals surface area contributed by atoms with Gasteiger partial charge in [-0.1, -0.05) is 15.9 Å². The van der Waals surface area contributed by atoms with Gasteiger partial charge in [0, 0.05) is 20.8 Å². The summed E-state index contributed by atoms with van der Waals surface area (Å²) in [6.45, 7) is 0.115. The van der Waals surface area contributed by atoms with Crippen molar-refractivity contribution >= 4 is 47.6 Å². The zero-order valence-corrected chi connectivity index (χ0v) is 13.5. The van der Waals surface area contributed by atoms with E-state index in [1.165, 1.54) is 12.4 Å². The van der Waals surface area contributed by atoms with Gasteiger partial charge < -0.3 is 10.7 Å². The molecule has 0 bridgehead atoms. The Kier molecular flexibility index (Phi) is 4.29. The summed E-state index contributed by atoms with van der Waals surface area (Å²) in [7, 11) is -3.70. The number of sulfonamides is 1. The lowest BCUT2D eigenvalue weighted by Crippen LogP contribution is -2.24. The molecule has 0 aliphatic rings. The van der Waals surface area contributed by atoms with Crippen LogP contribution in [0.1, 0.15) is 5.69 Å². The number of nitrogens with two attached hydrogens (primary N) is 1. The third-order valence-corrected chi connectivity index (χ3v) is 5.18. The molecule has 9 heteroatoms. The largest absolute Gasteiger partial charge is 0.398 e. The first-order chi connectivity index (χ1) is 8.90. The normalized spacial score (nSPS) is 11.7. The highest BCUT2D eigenvalue weighted by Crippen LogP contribution is 2.31. The van der Waals surface area contributed by atoms with Gasteiger partial charge in [0.2, 0.25) is 10.0 Å². The van der Waals surface area contributed by atoms with Crippen LogP contribution in [0, 0.1) is 0 Å². The molecule has 0 spiro atoms. The molecule has 2 rings (SSSR count). The second-order valence-corrected chi connectivity index (χ2v) is 7.18. The number of nitrogens with one attached hydrogen (secondary N) is 2. The van der Waals surface area contributed by atoms with Crippen molar-refractivity contribution in [3.8, 4) is 0 Å². The summed E-state index contributed by atoms with van der Waals surface area (Å²) in [5.41, 5.74) is 6.59. The van der Waals surface area contributed by atoms with Gasteiger partial charge in [0.1, 0.15) is 4.90 Å². The van der Waals surface area contributed by atoms with E-state index in [2.05, 4.69) is 46.5 Å². The summed E-state index contributed by atoms with van der Waals surface area (Å²) < 4.78 is 28.0. The van der Waals surface area contributed by atoms with E-state index in [0.717, 1.165) is 0 Å². The monoisotopic (exact) mass is 408 g/mol. The second-order valence-electron chi connectivity index (χ2n) is 3.71. The molecule has 0 amide bonds. The number of halogens is 2. The lowest BCUT2D eigenvalue weighted by atomic mass is 10.3. The fourth-order valence-electron chi connectivity index (χ4n) is 1.49. The number of hydrogen-bond acceptors (Lipinski definition) is 4. The maximum Gasteiger partial charge on any atom is 0.244 e. The Balaban J connectivity index is 2.29. The summed E-state index contributed by atoms with van der Waals surface area (Å²) >= 11 is 6.45. The lowest BCUT2D eigenvalue weighted by Gasteiger charge is -2.11. The molecule has 6 nitrogen and oxygen atoms in total. The summed E-state index contributed by atoms with van der Waals surface area (Å²) in [6.07, 6.45) is 3.02. The highest BCUT2D eigenvalue weighted by atomic mass is 79.9. The van der Waals surface area contributed by atoms with Gasteiger partial charge in [-0.15, -0.1) is 0 Å². The average Bonchev–Trinajstić information content (AvgIpc) is 2.77. The number of H-pyrrole nitrogens is 1. The summed E-state index contributed by atoms with van der Waals surface area (Å²) in [6, 6.07) is 3.16. The van der Waals surface area contributed by atoms with Crippen molar-refractivity contribution in [2.24, 2.45) is 0 Å². The molecule has 4 N–H and O–H groups in total. The Morgan fingerprint density at radius 2 is 2.11 bits per heavy atom. The smallest absolute Gasteiger partial charge is 0.244 e. The van der Waals surface area contributed by atoms with Gasteiger partial charge in [-0.2, -0.15) is 0 Å². The van der Waals surface area contributed by atoms with Crippen LogP contribution in [0.4, 0.5) is 5.69 Å². The van der Waals surface area contributed by atoms with Crippen LogP contribution in [-0.4, -0.2) is 18.4 Å². The number of aromatic amines is 1. The Hall–Kier alpha value is -0.900. The first-order valence-electron chi connectivity index (χ1n) is 5.11. The van der Waals surface area contributed by atoms with Gasteiger partial charge in [0.25, 0.3) is 0 Å². The lowest BCUT2D eigenvalue weighted by molar-refractivity contribution is 0.580. The van der Waals surface area contributed by atoms with Gasteiger partial charge in [0.05, 0.1) is 18.6 Å². The van der Waals surface area contributed by atoms with Crippen LogP contribution in [0.3, 0.4) is 0 Å². The molecule has 102 valence electrons. The third-order valence-electron chi connectivity index (χ3n) is 2.31. The number of rotatable bonds is 4. The van der Waals surface area contributed by atoms with Crippen LogP contribution in [0.15, 0.2) is 38.5 Å².